The first-order valence-corrected chi connectivity index (χ1v) is 8.27. The van der Waals surface area contributed by atoms with Crippen molar-refractivity contribution < 1.29 is 5.11 Å². The lowest BCUT2D eigenvalue weighted by Crippen LogP contribution is -2.00. The molecule has 0 unspecified atom stereocenters. The van der Waals surface area contributed by atoms with E-state index in [1.165, 1.54) is 0 Å². The van der Waals surface area contributed by atoms with Crippen molar-refractivity contribution in [2.45, 2.75) is 20.0 Å². The molecule has 3 aromatic rings. The molecule has 0 bridgehead atoms. The first-order chi connectivity index (χ1) is 11.5. The summed E-state index contributed by atoms with van der Waals surface area (Å²) in [5.41, 5.74) is 5.22. The summed E-state index contributed by atoms with van der Waals surface area (Å²) < 4.78 is 2.06. The standard InChI is InChI=1S/C19H16Cl2N2O/c1-11-5-12(9-22)6-18-15(11)7-14(23(18)2)8-16-17(20)4-3-13(10-24)19(16)21/h3-7,24H,8,10H2,1-2H3. The Balaban J connectivity index is 2.14. The lowest BCUT2D eigenvalue weighted by Gasteiger charge is -2.11. The van der Waals surface area contributed by atoms with E-state index in [0.29, 0.717) is 27.6 Å². The van der Waals surface area contributed by atoms with Crippen molar-refractivity contribution in [3.05, 3.63) is 68.3 Å². The van der Waals surface area contributed by atoms with Crippen molar-refractivity contribution in [2.24, 2.45) is 7.05 Å². The first-order valence-electron chi connectivity index (χ1n) is 7.52. The SMILES string of the molecule is Cc1cc(C#N)cc2c1cc(Cc1c(Cl)ccc(CO)c1Cl)n2C. The monoisotopic (exact) mass is 358 g/mol. The molecule has 2 aromatic carbocycles. The Morgan fingerprint density at radius 1 is 1.21 bits per heavy atom. The van der Waals surface area contributed by atoms with Crippen LogP contribution >= 0.6 is 23.2 Å². The summed E-state index contributed by atoms with van der Waals surface area (Å²) in [6.07, 6.45) is 0.554. The van der Waals surface area contributed by atoms with Crippen LogP contribution in [0.2, 0.25) is 10.0 Å². The summed E-state index contributed by atoms with van der Waals surface area (Å²) >= 11 is 12.7. The Kier molecular flexibility index (Phi) is 4.56. The number of aryl methyl sites for hydroxylation is 2. The van der Waals surface area contributed by atoms with Crippen LogP contribution in [0.4, 0.5) is 0 Å². The van der Waals surface area contributed by atoms with Crippen LogP contribution in [0.25, 0.3) is 10.9 Å². The summed E-state index contributed by atoms with van der Waals surface area (Å²) in [4.78, 5) is 0. The Morgan fingerprint density at radius 3 is 2.62 bits per heavy atom. The van der Waals surface area contributed by atoms with Crippen molar-refractivity contribution in [1.82, 2.24) is 4.57 Å². The van der Waals surface area contributed by atoms with Crippen molar-refractivity contribution in [2.75, 3.05) is 0 Å². The molecule has 122 valence electrons. The van der Waals surface area contributed by atoms with E-state index in [0.717, 1.165) is 27.7 Å². The van der Waals surface area contributed by atoms with Crippen LogP contribution < -0.4 is 0 Å². The third-order valence-corrected chi connectivity index (χ3v) is 5.22. The molecule has 0 saturated heterocycles. The van der Waals surface area contributed by atoms with Crippen LogP contribution in [0.15, 0.2) is 30.3 Å². The predicted octanol–water partition coefficient (Wildman–Crippen LogP) is 4.75. The van der Waals surface area contributed by atoms with Crippen LogP contribution in [0.3, 0.4) is 0 Å². The molecule has 1 aromatic heterocycles. The first kappa shape index (κ1) is 16.9. The van der Waals surface area contributed by atoms with Gasteiger partial charge in [0.1, 0.15) is 0 Å². The molecule has 5 heteroatoms. The third kappa shape index (κ3) is 2.78. The number of hydrogen-bond donors (Lipinski definition) is 1. The van der Waals surface area contributed by atoms with Crippen LogP contribution in [0.5, 0.6) is 0 Å². The number of hydrogen-bond acceptors (Lipinski definition) is 2. The van der Waals surface area contributed by atoms with E-state index in [-0.39, 0.29) is 6.61 Å². The summed E-state index contributed by atoms with van der Waals surface area (Å²) in [6, 6.07) is 11.6. The Morgan fingerprint density at radius 2 is 1.96 bits per heavy atom. The normalized spacial score (nSPS) is 11.0. The molecule has 0 aliphatic heterocycles. The zero-order valence-corrected chi connectivity index (χ0v) is 14.9. The number of aliphatic hydroxyl groups excluding tert-OH is 1. The van der Waals surface area contributed by atoms with Gasteiger partial charge in [0.25, 0.3) is 0 Å². The van der Waals surface area contributed by atoms with E-state index in [4.69, 9.17) is 28.5 Å². The highest BCUT2D eigenvalue weighted by molar-refractivity contribution is 6.36. The topological polar surface area (TPSA) is 48.9 Å². The largest absolute Gasteiger partial charge is 0.392 e. The number of nitrogens with zero attached hydrogens (tertiary/aromatic N) is 2. The quantitative estimate of drug-likeness (QED) is 0.734. The van der Waals surface area contributed by atoms with Gasteiger partial charge >= 0.3 is 0 Å². The molecule has 0 amide bonds. The van der Waals surface area contributed by atoms with E-state index in [9.17, 15) is 5.11 Å². The molecule has 0 atom stereocenters. The Labute approximate surface area is 150 Å². The van der Waals surface area contributed by atoms with Crippen molar-refractivity contribution in [3.8, 4) is 6.07 Å². The van der Waals surface area contributed by atoms with Gasteiger partial charge in [0.05, 0.1) is 23.3 Å². The minimum absolute atomic E-state index is 0.122. The molecule has 0 aliphatic carbocycles. The Bertz CT molecular complexity index is 983. The van der Waals surface area contributed by atoms with Gasteiger partial charge in [0.15, 0.2) is 0 Å². The smallest absolute Gasteiger partial charge is 0.0992 e. The minimum atomic E-state index is -0.122. The fourth-order valence-corrected chi connectivity index (χ4v) is 3.57. The number of benzene rings is 2. The van der Waals surface area contributed by atoms with Crippen LogP contribution in [0, 0.1) is 18.3 Å². The number of nitriles is 1. The molecule has 1 N–H and O–H groups in total. The summed E-state index contributed by atoms with van der Waals surface area (Å²) in [5.74, 6) is 0. The van der Waals surface area contributed by atoms with Gasteiger partial charge in [-0.2, -0.15) is 5.26 Å². The molecule has 3 rings (SSSR count). The fourth-order valence-electron chi connectivity index (χ4n) is 3.01. The van der Waals surface area contributed by atoms with E-state index < -0.39 is 0 Å². The third-order valence-electron chi connectivity index (χ3n) is 4.39. The molecular formula is C19H16Cl2N2O. The lowest BCUT2D eigenvalue weighted by atomic mass is 10.0. The molecule has 3 nitrogen and oxygen atoms in total. The second kappa shape index (κ2) is 6.49. The van der Waals surface area contributed by atoms with Gasteiger partial charge in [0, 0.05) is 35.1 Å². The number of aromatic nitrogens is 1. The zero-order valence-electron chi connectivity index (χ0n) is 13.4. The highest BCUT2D eigenvalue weighted by Crippen LogP contribution is 2.32. The van der Waals surface area contributed by atoms with Gasteiger partial charge in [-0.3, -0.25) is 0 Å². The molecule has 1 heterocycles. The highest BCUT2D eigenvalue weighted by atomic mass is 35.5. The van der Waals surface area contributed by atoms with Gasteiger partial charge in [-0.05, 0) is 47.9 Å². The lowest BCUT2D eigenvalue weighted by molar-refractivity contribution is 0.282. The summed E-state index contributed by atoms with van der Waals surface area (Å²) in [6.45, 7) is 1.88. The summed E-state index contributed by atoms with van der Waals surface area (Å²) in [5, 5.41) is 20.8. The summed E-state index contributed by atoms with van der Waals surface area (Å²) in [7, 11) is 1.97. The van der Waals surface area contributed by atoms with Gasteiger partial charge in [-0.15, -0.1) is 0 Å². The second-order valence-electron chi connectivity index (χ2n) is 5.87. The van der Waals surface area contributed by atoms with Gasteiger partial charge in [-0.25, -0.2) is 0 Å². The molecule has 0 radical (unpaired) electrons. The zero-order chi connectivity index (χ0) is 17.4. The average Bonchev–Trinajstić information content (AvgIpc) is 2.88. The maximum atomic E-state index is 9.40. The second-order valence-corrected chi connectivity index (χ2v) is 6.65. The van der Waals surface area contributed by atoms with E-state index in [2.05, 4.69) is 16.7 Å². The predicted molar refractivity (Wildman–Crippen MR) is 97.6 cm³/mol. The van der Waals surface area contributed by atoms with Crippen molar-refractivity contribution in [1.29, 1.82) is 5.26 Å². The number of halogens is 2. The van der Waals surface area contributed by atoms with Crippen molar-refractivity contribution in [3.63, 3.8) is 0 Å². The average molecular weight is 359 g/mol. The molecule has 0 saturated carbocycles. The number of rotatable bonds is 3. The van der Waals surface area contributed by atoms with Crippen LogP contribution in [-0.4, -0.2) is 9.67 Å². The highest BCUT2D eigenvalue weighted by Gasteiger charge is 2.15. The maximum Gasteiger partial charge on any atom is 0.0992 e. The van der Waals surface area contributed by atoms with E-state index in [1.54, 1.807) is 12.1 Å². The molecule has 24 heavy (non-hydrogen) atoms. The minimum Gasteiger partial charge on any atom is -0.392 e. The van der Waals surface area contributed by atoms with Crippen LogP contribution in [0.1, 0.15) is 27.9 Å². The fraction of sp³-hybridized carbons (Fsp3) is 0.211. The van der Waals surface area contributed by atoms with E-state index in [1.807, 2.05) is 26.1 Å². The van der Waals surface area contributed by atoms with Crippen molar-refractivity contribution >= 4 is 34.1 Å². The van der Waals surface area contributed by atoms with Gasteiger partial charge in [-0.1, -0.05) is 29.3 Å². The Hall–Kier alpha value is -1.99. The molecular weight excluding hydrogens is 343 g/mol. The molecule has 0 aliphatic rings. The van der Waals surface area contributed by atoms with Crippen LogP contribution in [-0.2, 0) is 20.1 Å². The maximum absolute atomic E-state index is 9.40. The van der Waals surface area contributed by atoms with Gasteiger partial charge < -0.3 is 9.67 Å². The molecule has 0 spiro atoms. The van der Waals surface area contributed by atoms with E-state index >= 15 is 0 Å². The van der Waals surface area contributed by atoms with Gasteiger partial charge in [0.2, 0.25) is 0 Å². The number of fused-ring (bicyclic) bond motifs is 1. The number of aliphatic hydroxyl groups is 1. The molecule has 0 fully saturated rings.